The van der Waals surface area contributed by atoms with E-state index in [-0.39, 0.29) is 6.04 Å². The molecule has 1 atom stereocenters. The van der Waals surface area contributed by atoms with E-state index in [2.05, 4.69) is 46.4 Å². The van der Waals surface area contributed by atoms with Crippen LogP contribution in [-0.2, 0) is 0 Å². The van der Waals surface area contributed by atoms with Gasteiger partial charge in [0.05, 0.1) is 12.6 Å². The molecule has 1 unspecified atom stereocenters. The fourth-order valence-corrected chi connectivity index (χ4v) is 4.38. The Balaban J connectivity index is 1.61. The monoisotopic (exact) mass is 389 g/mol. The van der Waals surface area contributed by atoms with E-state index in [0.29, 0.717) is 6.04 Å². The Morgan fingerprint density at radius 3 is 2.54 bits per heavy atom. The number of hydrogen-bond acceptors (Lipinski definition) is 4. The standard InChI is InChI=1S/C22H39N5O/c1-4-12-26-15-10-19(11-16-26)25-22(23-5-2)24-17-20(27-13-6-7-14-27)21-9-8-18(3)28-21/h8-9,19-20H,4-7,10-17H2,1-3H3,(H2,23,24,25). The summed E-state index contributed by atoms with van der Waals surface area (Å²) >= 11 is 0. The summed E-state index contributed by atoms with van der Waals surface area (Å²) < 4.78 is 5.98. The van der Waals surface area contributed by atoms with Gasteiger partial charge in [-0.2, -0.15) is 0 Å². The highest BCUT2D eigenvalue weighted by Gasteiger charge is 2.26. The Kier molecular flexibility index (Phi) is 8.22. The molecule has 158 valence electrons. The van der Waals surface area contributed by atoms with Gasteiger partial charge in [-0.25, -0.2) is 0 Å². The van der Waals surface area contributed by atoms with Crippen LogP contribution in [0.5, 0.6) is 0 Å². The molecule has 3 heterocycles. The van der Waals surface area contributed by atoms with Crippen LogP contribution in [0.3, 0.4) is 0 Å². The summed E-state index contributed by atoms with van der Waals surface area (Å²) in [6.45, 7) is 13.9. The van der Waals surface area contributed by atoms with Crippen molar-refractivity contribution in [2.75, 3.05) is 45.8 Å². The summed E-state index contributed by atoms with van der Waals surface area (Å²) in [6.07, 6.45) is 6.17. The van der Waals surface area contributed by atoms with Gasteiger partial charge in [0.2, 0.25) is 0 Å². The molecule has 0 bridgehead atoms. The molecular weight excluding hydrogens is 350 g/mol. The van der Waals surface area contributed by atoms with Crippen LogP contribution in [0.4, 0.5) is 0 Å². The van der Waals surface area contributed by atoms with Gasteiger partial charge in [0.15, 0.2) is 5.96 Å². The number of nitrogens with zero attached hydrogens (tertiary/aromatic N) is 3. The first kappa shape index (κ1) is 21.2. The third-order valence-corrected chi connectivity index (χ3v) is 5.91. The minimum absolute atomic E-state index is 0.234. The van der Waals surface area contributed by atoms with E-state index in [1.54, 1.807) is 0 Å². The Hall–Kier alpha value is -1.53. The number of aryl methyl sites for hydroxylation is 1. The summed E-state index contributed by atoms with van der Waals surface area (Å²) in [7, 11) is 0. The molecule has 28 heavy (non-hydrogen) atoms. The van der Waals surface area contributed by atoms with Gasteiger partial charge in [0.25, 0.3) is 0 Å². The lowest BCUT2D eigenvalue weighted by molar-refractivity contribution is 0.205. The van der Waals surface area contributed by atoms with Gasteiger partial charge in [-0.1, -0.05) is 6.92 Å². The first-order valence-corrected chi connectivity index (χ1v) is 11.3. The summed E-state index contributed by atoms with van der Waals surface area (Å²) in [5, 5.41) is 7.13. The predicted octanol–water partition coefficient (Wildman–Crippen LogP) is 3.15. The van der Waals surface area contributed by atoms with E-state index in [0.717, 1.165) is 43.7 Å². The molecular formula is C22H39N5O. The lowest BCUT2D eigenvalue weighted by Crippen LogP contribution is -2.49. The third-order valence-electron chi connectivity index (χ3n) is 5.91. The SMILES string of the molecule is CCCN1CCC(NC(=NCC(c2ccc(C)o2)N2CCCC2)NCC)CC1. The highest BCUT2D eigenvalue weighted by atomic mass is 16.3. The second-order valence-corrected chi connectivity index (χ2v) is 8.19. The predicted molar refractivity (Wildman–Crippen MR) is 116 cm³/mol. The quantitative estimate of drug-likeness (QED) is 0.528. The summed E-state index contributed by atoms with van der Waals surface area (Å²) in [6, 6.07) is 4.94. The van der Waals surface area contributed by atoms with Crippen molar-refractivity contribution in [2.45, 2.75) is 65.0 Å². The van der Waals surface area contributed by atoms with Crippen LogP contribution in [0, 0.1) is 6.92 Å². The number of rotatable bonds is 8. The molecule has 3 rings (SSSR count). The number of furan rings is 1. The molecule has 0 aliphatic carbocycles. The molecule has 2 fully saturated rings. The number of guanidine groups is 1. The summed E-state index contributed by atoms with van der Waals surface area (Å²) in [4.78, 5) is 10.1. The smallest absolute Gasteiger partial charge is 0.191 e. The molecule has 0 radical (unpaired) electrons. The van der Waals surface area contributed by atoms with E-state index >= 15 is 0 Å². The van der Waals surface area contributed by atoms with Gasteiger partial charge >= 0.3 is 0 Å². The zero-order valence-corrected chi connectivity index (χ0v) is 18.0. The van der Waals surface area contributed by atoms with Crippen LogP contribution in [0.1, 0.15) is 63.5 Å². The molecule has 0 spiro atoms. The summed E-state index contributed by atoms with van der Waals surface area (Å²) in [5.41, 5.74) is 0. The van der Waals surface area contributed by atoms with Crippen molar-refractivity contribution in [2.24, 2.45) is 4.99 Å². The first-order valence-electron chi connectivity index (χ1n) is 11.3. The van der Waals surface area contributed by atoms with Crippen LogP contribution < -0.4 is 10.6 Å². The number of piperidine rings is 1. The van der Waals surface area contributed by atoms with Crippen molar-refractivity contribution in [3.05, 3.63) is 23.7 Å². The van der Waals surface area contributed by atoms with E-state index in [9.17, 15) is 0 Å². The number of aliphatic imine (C=N–C) groups is 1. The lowest BCUT2D eigenvalue weighted by atomic mass is 10.1. The van der Waals surface area contributed by atoms with Gasteiger partial charge < -0.3 is 20.0 Å². The van der Waals surface area contributed by atoms with Crippen molar-refractivity contribution < 1.29 is 4.42 Å². The number of nitrogens with one attached hydrogen (secondary N) is 2. The minimum atomic E-state index is 0.234. The van der Waals surface area contributed by atoms with E-state index in [1.165, 1.54) is 51.7 Å². The molecule has 2 aliphatic heterocycles. The highest BCUT2D eigenvalue weighted by molar-refractivity contribution is 5.80. The first-order chi connectivity index (χ1) is 13.7. The van der Waals surface area contributed by atoms with Crippen molar-refractivity contribution in [3.8, 4) is 0 Å². The fraction of sp³-hybridized carbons (Fsp3) is 0.773. The average molecular weight is 390 g/mol. The highest BCUT2D eigenvalue weighted by Crippen LogP contribution is 2.27. The zero-order valence-electron chi connectivity index (χ0n) is 18.0. The molecule has 2 aliphatic rings. The average Bonchev–Trinajstić information content (AvgIpc) is 3.36. The maximum atomic E-state index is 5.98. The second kappa shape index (κ2) is 10.9. The van der Waals surface area contributed by atoms with Crippen LogP contribution in [0.25, 0.3) is 0 Å². The van der Waals surface area contributed by atoms with Crippen molar-refractivity contribution in [3.63, 3.8) is 0 Å². The van der Waals surface area contributed by atoms with Gasteiger partial charge in [0.1, 0.15) is 11.5 Å². The van der Waals surface area contributed by atoms with Crippen molar-refractivity contribution in [1.82, 2.24) is 20.4 Å². The number of likely N-dealkylation sites (tertiary alicyclic amines) is 2. The van der Waals surface area contributed by atoms with E-state index in [4.69, 9.17) is 9.41 Å². The second-order valence-electron chi connectivity index (χ2n) is 8.19. The van der Waals surface area contributed by atoms with E-state index < -0.39 is 0 Å². The van der Waals surface area contributed by atoms with Crippen LogP contribution in [-0.4, -0.2) is 67.6 Å². The van der Waals surface area contributed by atoms with Gasteiger partial charge in [0, 0.05) is 25.7 Å². The molecule has 6 nitrogen and oxygen atoms in total. The third kappa shape index (κ3) is 5.98. The Labute approximate surface area is 170 Å². The molecule has 2 N–H and O–H groups in total. The largest absolute Gasteiger partial charge is 0.465 e. The Morgan fingerprint density at radius 1 is 1.18 bits per heavy atom. The topological polar surface area (TPSA) is 56.0 Å². The van der Waals surface area contributed by atoms with Crippen LogP contribution in [0.2, 0.25) is 0 Å². The maximum absolute atomic E-state index is 5.98. The van der Waals surface area contributed by atoms with Gasteiger partial charge in [-0.3, -0.25) is 9.89 Å². The molecule has 0 aromatic carbocycles. The summed E-state index contributed by atoms with van der Waals surface area (Å²) in [5.74, 6) is 2.97. The van der Waals surface area contributed by atoms with Gasteiger partial charge in [-0.15, -0.1) is 0 Å². The number of hydrogen-bond donors (Lipinski definition) is 2. The lowest BCUT2D eigenvalue weighted by Gasteiger charge is -2.33. The normalized spacial score (nSPS) is 21.2. The van der Waals surface area contributed by atoms with Crippen molar-refractivity contribution >= 4 is 5.96 Å². The molecule has 1 aromatic heterocycles. The molecule has 1 aromatic rings. The zero-order chi connectivity index (χ0) is 19.8. The molecule has 6 heteroatoms. The molecule has 0 saturated carbocycles. The fourth-order valence-electron chi connectivity index (χ4n) is 4.38. The maximum Gasteiger partial charge on any atom is 0.191 e. The minimum Gasteiger partial charge on any atom is -0.465 e. The van der Waals surface area contributed by atoms with Crippen LogP contribution in [0.15, 0.2) is 21.5 Å². The van der Waals surface area contributed by atoms with Crippen molar-refractivity contribution in [1.29, 1.82) is 0 Å². The Bertz CT molecular complexity index is 600. The van der Waals surface area contributed by atoms with Gasteiger partial charge in [-0.05, 0) is 77.7 Å². The van der Waals surface area contributed by atoms with E-state index in [1.807, 2.05) is 6.92 Å². The molecule has 2 saturated heterocycles. The molecule has 0 amide bonds. The van der Waals surface area contributed by atoms with Crippen LogP contribution >= 0.6 is 0 Å². The Morgan fingerprint density at radius 2 is 1.93 bits per heavy atom.